The fourth-order valence-electron chi connectivity index (χ4n) is 1.11. The van der Waals surface area contributed by atoms with Crippen LogP contribution in [-0.2, 0) is 0 Å². The minimum Gasteiger partial charge on any atom is -0.303 e. The first-order chi connectivity index (χ1) is 6.02. The van der Waals surface area contributed by atoms with Crippen molar-refractivity contribution >= 4 is 23.2 Å². The molecule has 1 atom stereocenters. The molecule has 1 aromatic rings. The van der Waals surface area contributed by atoms with Crippen LogP contribution in [-0.4, -0.2) is 19.0 Å². The molecule has 0 spiro atoms. The van der Waals surface area contributed by atoms with E-state index in [1.165, 1.54) is 0 Å². The average molecular weight is 218 g/mol. The zero-order valence-corrected chi connectivity index (χ0v) is 9.52. The van der Waals surface area contributed by atoms with Crippen LogP contribution < -0.4 is 0 Å². The summed E-state index contributed by atoms with van der Waals surface area (Å²) in [4.78, 5) is 2.09. The first-order valence-corrected chi connectivity index (χ1v) is 4.89. The lowest BCUT2D eigenvalue weighted by Crippen LogP contribution is -2.16. The highest BCUT2D eigenvalue weighted by molar-refractivity contribution is 6.33. The summed E-state index contributed by atoms with van der Waals surface area (Å²) in [6.45, 7) is 2.09. The maximum absolute atomic E-state index is 6.05. The topological polar surface area (TPSA) is 3.24 Å². The van der Waals surface area contributed by atoms with E-state index in [-0.39, 0.29) is 6.04 Å². The van der Waals surface area contributed by atoms with Gasteiger partial charge in [0.25, 0.3) is 0 Å². The molecule has 0 heterocycles. The quantitative estimate of drug-likeness (QED) is 0.732. The molecule has 0 aliphatic rings. The van der Waals surface area contributed by atoms with Crippen LogP contribution in [0.3, 0.4) is 0 Å². The van der Waals surface area contributed by atoms with Gasteiger partial charge in [-0.15, -0.1) is 0 Å². The van der Waals surface area contributed by atoms with Crippen molar-refractivity contribution in [3.63, 3.8) is 0 Å². The number of hydrogen-bond acceptors (Lipinski definition) is 1. The van der Waals surface area contributed by atoms with Crippen LogP contribution in [0.1, 0.15) is 18.5 Å². The highest BCUT2D eigenvalue weighted by Gasteiger charge is 2.11. The number of benzene rings is 1. The Morgan fingerprint density at radius 2 is 1.85 bits per heavy atom. The highest BCUT2D eigenvalue weighted by Crippen LogP contribution is 2.28. The summed E-state index contributed by atoms with van der Waals surface area (Å²) in [5.41, 5.74) is 1.07. The van der Waals surface area contributed by atoms with E-state index in [9.17, 15) is 0 Å². The van der Waals surface area contributed by atoms with Crippen LogP contribution in [0, 0.1) is 0 Å². The first-order valence-electron chi connectivity index (χ1n) is 4.13. The minimum absolute atomic E-state index is 0.284. The molecule has 1 rings (SSSR count). The zero-order chi connectivity index (χ0) is 10.0. The lowest BCUT2D eigenvalue weighted by atomic mass is 10.1. The van der Waals surface area contributed by atoms with Gasteiger partial charge in [-0.1, -0.05) is 23.2 Å². The van der Waals surface area contributed by atoms with Gasteiger partial charge in [-0.3, -0.25) is 0 Å². The fraction of sp³-hybridized carbons (Fsp3) is 0.400. The second kappa shape index (κ2) is 4.32. The predicted molar refractivity (Wildman–Crippen MR) is 58.6 cm³/mol. The maximum atomic E-state index is 6.05. The second-order valence-electron chi connectivity index (χ2n) is 3.31. The van der Waals surface area contributed by atoms with Gasteiger partial charge in [-0.25, -0.2) is 0 Å². The third kappa shape index (κ3) is 2.60. The molecule has 0 bridgehead atoms. The monoisotopic (exact) mass is 217 g/mol. The van der Waals surface area contributed by atoms with Crippen LogP contribution in [0.5, 0.6) is 0 Å². The molecule has 1 nitrogen and oxygen atoms in total. The van der Waals surface area contributed by atoms with Crippen molar-refractivity contribution in [1.29, 1.82) is 0 Å². The molecule has 13 heavy (non-hydrogen) atoms. The van der Waals surface area contributed by atoms with E-state index < -0.39 is 0 Å². The van der Waals surface area contributed by atoms with Gasteiger partial charge in [0.2, 0.25) is 0 Å². The smallest absolute Gasteiger partial charge is 0.0454 e. The number of halogens is 2. The van der Waals surface area contributed by atoms with E-state index in [4.69, 9.17) is 23.2 Å². The van der Waals surface area contributed by atoms with E-state index in [1.807, 2.05) is 26.2 Å². The van der Waals surface area contributed by atoms with Gasteiger partial charge in [0, 0.05) is 16.1 Å². The number of rotatable bonds is 2. The molecule has 0 fully saturated rings. The molecular formula is C10H13Cl2N. The maximum Gasteiger partial charge on any atom is 0.0454 e. The molecule has 0 N–H and O–H groups in total. The summed E-state index contributed by atoms with van der Waals surface area (Å²) < 4.78 is 0. The molecule has 0 radical (unpaired) electrons. The molecule has 0 saturated heterocycles. The Kier molecular flexibility index (Phi) is 3.60. The van der Waals surface area contributed by atoms with Crippen LogP contribution in [0.25, 0.3) is 0 Å². The van der Waals surface area contributed by atoms with Crippen LogP contribution in [0.2, 0.25) is 10.0 Å². The van der Waals surface area contributed by atoms with Crippen LogP contribution in [0.15, 0.2) is 18.2 Å². The van der Waals surface area contributed by atoms with Crippen LogP contribution in [0.4, 0.5) is 0 Å². The molecule has 0 aromatic heterocycles. The van der Waals surface area contributed by atoms with Gasteiger partial charge >= 0.3 is 0 Å². The fourth-order valence-corrected chi connectivity index (χ4v) is 1.57. The van der Waals surface area contributed by atoms with Crippen LogP contribution >= 0.6 is 23.2 Å². The van der Waals surface area contributed by atoms with E-state index in [0.29, 0.717) is 0 Å². The average Bonchev–Trinajstić information content (AvgIpc) is 2.08. The largest absolute Gasteiger partial charge is 0.303 e. The van der Waals surface area contributed by atoms with Gasteiger partial charge in [-0.05, 0) is 44.8 Å². The molecule has 0 saturated carbocycles. The molecule has 72 valence electrons. The lowest BCUT2D eigenvalue weighted by Gasteiger charge is -2.21. The minimum atomic E-state index is 0.284. The van der Waals surface area contributed by atoms with Gasteiger partial charge in [-0.2, -0.15) is 0 Å². The Morgan fingerprint density at radius 3 is 2.38 bits per heavy atom. The number of hydrogen-bond donors (Lipinski definition) is 0. The summed E-state index contributed by atoms with van der Waals surface area (Å²) in [6, 6.07) is 5.83. The summed E-state index contributed by atoms with van der Waals surface area (Å²) in [5, 5.41) is 1.50. The Hall–Kier alpha value is -0.240. The SMILES string of the molecule is C[C@H](c1cc(Cl)ccc1Cl)N(C)C. The lowest BCUT2D eigenvalue weighted by molar-refractivity contribution is 0.321. The second-order valence-corrected chi connectivity index (χ2v) is 4.15. The molecule has 0 aliphatic carbocycles. The normalized spacial score (nSPS) is 13.4. The van der Waals surface area contributed by atoms with Gasteiger partial charge in [0.1, 0.15) is 0 Å². The van der Waals surface area contributed by atoms with Crippen molar-refractivity contribution in [1.82, 2.24) is 4.90 Å². The van der Waals surface area contributed by atoms with Gasteiger partial charge in [0.15, 0.2) is 0 Å². The third-order valence-electron chi connectivity index (χ3n) is 2.18. The van der Waals surface area contributed by atoms with Gasteiger partial charge < -0.3 is 4.90 Å². The summed E-state index contributed by atoms with van der Waals surface area (Å²) in [7, 11) is 4.03. The third-order valence-corrected chi connectivity index (χ3v) is 2.76. The van der Waals surface area contributed by atoms with Crippen molar-refractivity contribution in [3.8, 4) is 0 Å². The summed E-state index contributed by atoms with van der Waals surface area (Å²) in [6.07, 6.45) is 0. The Labute approximate surface area is 89.3 Å². The van der Waals surface area contributed by atoms with Crippen molar-refractivity contribution in [3.05, 3.63) is 33.8 Å². The molecule has 0 amide bonds. The van der Waals surface area contributed by atoms with E-state index in [1.54, 1.807) is 6.07 Å². The Bertz CT molecular complexity index is 297. The van der Waals surface area contributed by atoms with Crippen molar-refractivity contribution in [2.24, 2.45) is 0 Å². The highest BCUT2D eigenvalue weighted by atomic mass is 35.5. The molecule has 0 aliphatic heterocycles. The summed E-state index contributed by atoms with van der Waals surface area (Å²) in [5.74, 6) is 0. The van der Waals surface area contributed by atoms with Gasteiger partial charge in [0.05, 0.1) is 0 Å². The van der Waals surface area contributed by atoms with E-state index in [0.717, 1.165) is 15.6 Å². The Balaban J connectivity index is 3.05. The molecule has 3 heteroatoms. The molecule has 0 unspecified atom stereocenters. The number of nitrogens with zero attached hydrogens (tertiary/aromatic N) is 1. The zero-order valence-electron chi connectivity index (χ0n) is 8.01. The van der Waals surface area contributed by atoms with E-state index >= 15 is 0 Å². The van der Waals surface area contributed by atoms with Crippen molar-refractivity contribution in [2.45, 2.75) is 13.0 Å². The standard InChI is InChI=1S/C10H13Cl2N/c1-7(13(2)3)9-6-8(11)4-5-10(9)12/h4-7H,1-3H3/t7-/m1/s1. The Morgan fingerprint density at radius 1 is 1.23 bits per heavy atom. The first kappa shape index (κ1) is 10.8. The molecular weight excluding hydrogens is 205 g/mol. The van der Waals surface area contributed by atoms with E-state index in [2.05, 4.69) is 11.8 Å². The molecule has 1 aromatic carbocycles. The van der Waals surface area contributed by atoms with Crippen molar-refractivity contribution in [2.75, 3.05) is 14.1 Å². The predicted octanol–water partition coefficient (Wildman–Crippen LogP) is 3.62. The summed E-state index contributed by atoms with van der Waals surface area (Å²) >= 11 is 11.9. The van der Waals surface area contributed by atoms with Crippen molar-refractivity contribution < 1.29 is 0 Å².